The average Bonchev–Trinajstić information content (AvgIpc) is 2.96. The van der Waals surface area contributed by atoms with Gasteiger partial charge in [-0.15, -0.1) is 0 Å². The van der Waals surface area contributed by atoms with Crippen molar-refractivity contribution in [1.82, 2.24) is 9.55 Å². The van der Waals surface area contributed by atoms with E-state index in [1.807, 2.05) is 62.6 Å². The smallest absolute Gasteiger partial charge is 0.356 e. The van der Waals surface area contributed by atoms with E-state index in [1.165, 1.54) is 0 Å². The van der Waals surface area contributed by atoms with Crippen molar-refractivity contribution >= 4 is 11.7 Å². The number of carboxylic acids is 1. The highest BCUT2D eigenvalue weighted by Gasteiger charge is 2.26. The van der Waals surface area contributed by atoms with Crippen molar-refractivity contribution in [3.05, 3.63) is 84.0 Å². The van der Waals surface area contributed by atoms with Gasteiger partial charge in [-0.2, -0.15) is 0 Å². The average molecular weight is 380 g/mol. The van der Waals surface area contributed by atoms with Crippen LogP contribution in [0.15, 0.2) is 66.2 Å². The van der Waals surface area contributed by atoms with Crippen LogP contribution in [0, 0.1) is 6.92 Å². The number of benzene rings is 1. The number of hydrogen-bond donors (Lipinski definition) is 1. The van der Waals surface area contributed by atoms with Gasteiger partial charge in [0.15, 0.2) is 5.69 Å². The number of nitrogens with zero attached hydrogens (tertiary/aromatic N) is 3. The number of aliphatic imine (C=N–C) groups is 1. The number of carboxylic acid groups (broad SMARTS) is 1. The largest absolute Gasteiger partial charge is 0.476 e. The van der Waals surface area contributed by atoms with E-state index >= 15 is 0 Å². The van der Waals surface area contributed by atoms with Gasteiger partial charge in [-0.1, -0.05) is 77.3 Å². The Bertz CT molecular complexity index is 918. The molecule has 0 radical (unpaired) electrons. The van der Waals surface area contributed by atoms with Gasteiger partial charge in [0.05, 0.1) is 23.6 Å². The van der Waals surface area contributed by atoms with E-state index in [2.05, 4.69) is 23.1 Å². The molecule has 0 atom stereocenters. The Hall–Kier alpha value is -3.21. The third kappa shape index (κ3) is 4.36. The second-order valence-electron chi connectivity index (χ2n) is 5.34. The number of allylic oxidation sites excluding steroid dienone is 4. The van der Waals surface area contributed by atoms with Crippen LogP contribution < -0.4 is 0 Å². The maximum atomic E-state index is 11.5. The maximum absolute atomic E-state index is 11.5. The number of imidazole rings is 1. The number of hydrogen-bond acceptors (Lipinski definition) is 3. The van der Waals surface area contributed by atoms with Gasteiger partial charge in [0.2, 0.25) is 0 Å². The lowest BCUT2D eigenvalue weighted by Crippen LogP contribution is -2.08. The lowest BCUT2D eigenvalue weighted by molar-refractivity contribution is 0.0689. The van der Waals surface area contributed by atoms with Crippen molar-refractivity contribution in [2.24, 2.45) is 4.99 Å². The van der Waals surface area contributed by atoms with Crippen molar-refractivity contribution in [2.45, 2.75) is 41.2 Å². The zero-order chi connectivity index (χ0) is 21.3. The summed E-state index contributed by atoms with van der Waals surface area (Å²) in [4.78, 5) is 20.4. The first kappa shape index (κ1) is 22.8. The molecule has 1 N–H and O–H groups in total. The quantitative estimate of drug-likeness (QED) is 0.710. The Morgan fingerprint density at radius 2 is 1.82 bits per heavy atom. The monoisotopic (exact) mass is 379 g/mol. The van der Waals surface area contributed by atoms with Crippen LogP contribution in [0.4, 0.5) is 0 Å². The molecular weight excluding hydrogens is 350 g/mol. The van der Waals surface area contributed by atoms with E-state index in [0.29, 0.717) is 11.5 Å². The molecular formula is C23H29N3O2. The molecule has 0 amide bonds. The summed E-state index contributed by atoms with van der Waals surface area (Å²) in [7, 11) is 0. The van der Waals surface area contributed by atoms with Gasteiger partial charge >= 0.3 is 5.97 Å². The lowest BCUT2D eigenvalue weighted by Gasteiger charge is -2.13. The number of carbonyl (C=O) groups is 1. The fourth-order valence-corrected chi connectivity index (χ4v) is 2.94. The van der Waals surface area contributed by atoms with Crippen LogP contribution in [-0.4, -0.2) is 26.3 Å². The molecule has 1 aliphatic rings. The molecule has 0 unspecified atom stereocenters. The van der Waals surface area contributed by atoms with Crippen LogP contribution in [0.25, 0.3) is 5.69 Å². The minimum atomic E-state index is -1.05. The zero-order valence-corrected chi connectivity index (χ0v) is 17.4. The first-order valence-electron chi connectivity index (χ1n) is 9.49. The van der Waals surface area contributed by atoms with Crippen LogP contribution in [0.2, 0.25) is 0 Å². The molecule has 5 nitrogen and oxygen atoms in total. The third-order valence-corrected chi connectivity index (χ3v) is 3.92. The van der Waals surface area contributed by atoms with Gasteiger partial charge in [-0.25, -0.2) is 9.78 Å². The molecule has 0 bridgehead atoms. The first-order chi connectivity index (χ1) is 13.6. The predicted octanol–water partition coefficient (Wildman–Crippen LogP) is 5.53. The molecule has 2 heterocycles. The summed E-state index contributed by atoms with van der Waals surface area (Å²) in [5.74, 6) is -0.423. The summed E-state index contributed by atoms with van der Waals surface area (Å²) in [6.45, 7) is 17.6. The summed E-state index contributed by atoms with van der Waals surface area (Å²) >= 11 is 0. The molecule has 28 heavy (non-hydrogen) atoms. The number of rotatable bonds is 4. The highest BCUT2D eigenvalue weighted by molar-refractivity contribution is 6.16. The number of para-hydroxylation sites is 1. The Morgan fingerprint density at radius 3 is 2.39 bits per heavy atom. The van der Waals surface area contributed by atoms with Gasteiger partial charge < -0.3 is 5.11 Å². The van der Waals surface area contributed by atoms with Crippen molar-refractivity contribution < 1.29 is 9.90 Å². The summed E-state index contributed by atoms with van der Waals surface area (Å²) in [6.07, 6.45) is 5.25. The summed E-state index contributed by atoms with van der Waals surface area (Å²) in [6, 6.07) is 7.74. The van der Waals surface area contributed by atoms with Crippen LogP contribution >= 0.6 is 0 Å². The van der Waals surface area contributed by atoms with Gasteiger partial charge in [-0.05, 0) is 18.6 Å². The number of fused-ring (bicyclic) bond motifs is 3. The highest BCUT2D eigenvalue weighted by Crippen LogP contribution is 2.28. The number of aromatic nitrogens is 2. The molecule has 0 aliphatic carbocycles. The summed E-state index contributed by atoms with van der Waals surface area (Å²) in [5.41, 5.74) is 3.98. The maximum Gasteiger partial charge on any atom is 0.356 e. The summed E-state index contributed by atoms with van der Waals surface area (Å²) in [5, 5.41) is 9.43. The van der Waals surface area contributed by atoms with Crippen LogP contribution in [0.3, 0.4) is 0 Å². The Balaban J connectivity index is 0.000000921. The molecule has 1 aliphatic heterocycles. The minimum Gasteiger partial charge on any atom is -0.476 e. The van der Waals surface area contributed by atoms with E-state index in [-0.39, 0.29) is 12.2 Å². The van der Waals surface area contributed by atoms with Crippen LogP contribution in [-0.2, 0) is 6.54 Å². The van der Waals surface area contributed by atoms with Crippen molar-refractivity contribution in [2.75, 3.05) is 0 Å². The molecule has 2 aromatic rings. The van der Waals surface area contributed by atoms with Crippen LogP contribution in [0.1, 0.15) is 55.3 Å². The SMILES string of the molecule is C=C/C=C(\C=C)C1=NCc2c(C(=O)O)nc(C)n2-c2ccccc21.CC.CC. The fourth-order valence-electron chi connectivity index (χ4n) is 2.94. The molecule has 0 fully saturated rings. The zero-order valence-electron chi connectivity index (χ0n) is 17.4. The second-order valence-corrected chi connectivity index (χ2v) is 5.34. The Kier molecular flexibility index (Phi) is 8.82. The molecule has 0 saturated heterocycles. The molecule has 1 aromatic heterocycles. The summed E-state index contributed by atoms with van der Waals surface area (Å²) < 4.78 is 1.86. The normalized spacial score (nSPS) is 11.9. The molecule has 1 aromatic carbocycles. The number of aromatic carboxylic acids is 1. The van der Waals surface area contributed by atoms with Gasteiger partial charge in [0, 0.05) is 5.56 Å². The standard InChI is InChI=1S/C19H17N3O2.2C2H6/c1-4-8-13(5-2)17-14-9-6-7-10-15(14)22-12(3)21-18(19(23)24)16(22)11-20-17;2*1-2/h4-10H,1-2,11H2,3H3,(H,23,24);2*1-2H3/b13-8+;;. The van der Waals surface area contributed by atoms with E-state index in [0.717, 1.165) is 22.5 Å². The van der Waals surface area contributed by atoms with Crippen molar-refractivity contribution in [3.63, 3.8) is 0 Å². The Labute approximate surface area is 167 Å². The lowest BCUT2D eigenvalue weighted by atomic mass is 10.00. The molecule has 3 rings (SSSR count). The third-order valence-electron chi connectivity index (χ3n) is 3.92. The Morgan fingerprint density at radius 1 is 1.18 bits per heavy atom. The van der Waals surface area contributed by atoms with Crippen LogP contribution in [0.5, 0.6) is 0 Å². The van der Waals surface area contributed by atoms with Gasteiger partial charge in [0.25, 0.3) is 0 Å². The van der Waals surface area contributed by atoms with E-state index in [4.69, 9.17) is 0 Å². The molecule has 0 saturated carbocycles. The van der Waals surface area contributed by atoms with Gasteiger partial charge in [-0.3, -0.25) is 9.56 Å². The second kappa shape index (κ2) is 10.8. The number of aryl methyl sites for hydroxylation is 1. The van der Waals surface area contributed by atoms with Crippen molar-refractivity contribution in [3.8, 4) is 5.69 Å². The molecule has 0 spiro atoms. The topological polar surface area (TPSA) is 67.5 Å². The van der Waals surface area contributed by atoms with E-state index in [1.54, 1.807) is 19.1 Å². The van der Waals surface area contributed by atoms with Crippen molar-refractivity contribution in [1.29, 1.82) is 0 Å². The molecule has 148 valence electrons. The van der Waals surface area contributed by atoms with Gasteiger partial charge in [0.1, 0.15) is 5.82 Å². The molecule has 5 heteroatoms. The minimum absolute atomic E-state index is 0.0418. The van der Waals surface area contributed by atoms with E-state index < -0.39 is 5.97 Å². The first-order valence-corrected chi connectivity index (χ1v) is 9.49. The predicted molar refractivity (Wildman–Crippen MR) is 117 cm³/mol. The fraction of sp³-hybridized carbons (Fsp3) is 0.261. The highest BCUT2D eigenvalue weighted by atomic mass is 16.4. The van der Waals surface area contributed by atoms with E-state index in [9.17, 15) is 9.90 Å².